The van der Waals surface area contributed by atoms with Crippen LogP contribution in [0.15, 0.2) is 24.3 Å². The molecule has 1 aromatic carbocycles. The normalized spacial score (nSPS) is 21.3. The van der Waals surface area contributed by atoms with Crippen molar-refractivity contribution in [2.75, 3.05) is 7.05 Å². The van der Waals surface area contributed by atoms with E-state index in [2.05, 4.69) is 41.7 Å². The van der Waals surface area contributed by atoms with E-state index in [1.165, 1.54) is 23.1 Å². The van der Waals surface area contributed by atoms with Crippen molar-refractivity contribution in [3.63, 3.8) is 0 Å². The highest BCUT2D eigenvalue weighted by Gasteiger charge is 2.29. The van der Waals surface area contributed by atoms with Gasteiger partial charge in [0.2, 0.25) is 0 Å². The average Bonchev–Trinajstić information content (AvgIpc) is 2.73. The third-order valence-corrected chi connectivity index (χ3v) is 5.17. The highest BCUT2D eigenvalue weighted by atomic mass is 35.5. The number of aromatic nitrogens is 2. The molecule has 112 valence electrons. The van der Waals surface area contributed by atoms with Crippen molar-refractivity contribution >= 4 is 11.6 Å². The number of rotatable bonds is 3. The minimum atomic E-state index is 0.394. The molecule has 4 heteroatoms. The van der Waals surface area contributed by atoms with Crippen molar-refractivity contribution in [3.8, 4) is 0 Å². The molecule has 1 heterocycles. The SMILES string of the molecule is CNC1c2ccccc2CCC1Cc1c(C)nn(C)c1Cl. The molecule has 0 aliphatic heterocycles. The first kappa shape index (κ1) is 14.6. The molecule has 1 aliphatic carbocycles. The van der Waals surface area contributed by atoms with Crippen LogP contribution in [0.1, 0.15) is 34.8 Å². The Balaban J connectivity index is 1.90. The van der Waals surface area contributed by atoms with E-state index in [0.717, 1.165) is 23.7 Å². The summed E-state index contributed by atoms with van der Waals surface area (Å²) in [7, 11) is 3.96. The van der Waals surface area contributed by atoms with Crippen LogP contribution in [-0.2, 0) is 19.9 Å². The van der Waals surface area contributed by atoms with E-state index in [0.29, 0.717) is 12.0 Å². The molecule has 2 unspecified atom stereocenters. The van der Waals surface area contributed by atoms with Gasteiger partial charge in [0.05, 0.1) is 5.69 Å². The molecule has 1 aromatic heterocycles. The van der Waals surface area contributed by atoms with Crippen LogP contribution in [0.25, 0.3) is 0 Å². The Morgan fingerprint density at radius 3 is 2.81 bits per heavy atom. The molecule has 0 amide bonds. The summed E-state index contributed by atoms with van der Waals surface area (Å²) >= 11 is 6.40. The summed E-state index contributed by atoms with van der Waals surface area (Å²) in [6.07, 6.45) is 3.32. The van der Waals surface area contributed by atoms with E-state index >= 15 is 0 Å². The Morgan fingerprint density at radius 2 is 2.14 bits per heavy atom. The molecule has 3 rings (SSSR count). The van der Waals surface area contributed by atoms with Crippen LogP contribution in [0.4, 0.5) is 0 Å². The van der Waals surface area contributed by atoms with Gasteiger partial charge in [-0.3, -0.25) is 4.68 Å². The first-order valence-electron chi connectivity index (χ1n) is 7.55. The summed E-state index contributed by atoms with van der Waals surface area (Å²) < 4.78 is 1.78. The van der Waals surface area contributed by atoms with Crippen molar-refractivity contribution < 1.29 is 0 Å². The molecular weight excluding hydrogens is 282 g/mol. The van der Waals surface area contributed by atoms with Crippen LogP contribution >= 0.6 is 11.6 Å². The smallest absolute Gasteiger partial charge is 0.130 e. The zero-order valence-corrected chi connectivity index (χ0v) is 13.6. The van der Waals surface area contributed by atoms with Crippen LogP contribution in [0.5, 0.6) is 0 Å². The van der Waals surface area contributed by atoms with Gasteiger partial charge in [-0.2, -0.15) is 5.10 Å². The molecule has 1 N–H and O–H groups in total. The van der Waals surface area contributed by atoms with Crippen molar-refractivity contribution in [2.24, 2.45) is 13.0 Å². The maximum Gasteiger partial charge on any atom is 0.130 e. The van der Waals surface area contributed by atoms with E-state index in [4.69, 9.17) is 11.6 Å². The number of hydrogen-bond donors (Lipinski definition) is 1. The van der Waals surface area contributed by atoms with E-state index < -0.39 is 0 Å². The number of aryl methyl sites for hydroxylation is 3. The van der Waals surface area contributed by atoms with Gasteiger partial charge in [0.15, 0.2) is 0 Å². The van der Waals surface area contributed by atoms with Gasteiger partial charge in [0, 0.05) is 18.7 Å². The lowest BCUT2D eigenvalue weighted by molar-refractivity contribution is 0.334. The summed E-state index contributed by atoms with van der Waals surface area (Å²) in [5.74, 6) is 0.560. The van der Waals surface area contributed by atoms with Gasteiger partial charge in [-0.15, -0.1) is 0 Å². The summed E-state index contributed by atoms with van der Waals surface area (Å²) in [4.78, 5) is 0. The minimum Gasteiger partial charge on any atom is -0.313 e. The summed E-state index contributed by atoms with van der Waals surface area (Å²) in [6, 6.07) is 9.16. The lowest BCUT2D eigenvalue weighted by Crippen LogP contribution is -2.31. The largest absolute Gasteiger partial charge is 0.313 e. The lowest BCUT2D eigenvalue weighted by atomic mass is 9.77. The van der Waals surface area contributed by atoms with E-state index in [-0.39, 0.29) is 0 Å². The predicted octanol–water partition coefficient (Wildman–Crippen LogP) is 3.45. The Labute approximate surface area is 131 Å². The number of nitrogens with zero attached hydrogens (tertiary/aromatic N) is 2. The highest BCUT2D eigenvalue weighted by Crippen LogP contribution is 2.37. The van der Waals surface area contributed by atoms with Crippen LogP contribution in [0.3, 0.4) is 0 Å². The van der Waals surface area contributed by atoms with Crippen molar-refractivity contribution in [1.82, 2.24) is 15.1 Å². The number of fused-ring (bicyclic) bond motifs is 1. The molecule has 1 aliphatic rings. The second-order valence-corrected chi connectivity index (χ2v) is 6.30. The lowest BCUT2D eigenvalue weighted by Gasteiger charge is -2.33. The van der Waals surface area contributed by atoms with Crippen molar-refractivity contribution in [2.45, 2.75) is 32.2 Å². The van der Waals surface area contributed by atoms with Crippen LogP contribution in [-0.4, -0.2) is 16.8 Å². The second-order valence-electron chi connectivity index (χ2n) is 5.95. The molecule has 0 saturated carbocycles. The Hall–Kier alpha value is -1.32. The van der Waals surface area contributed by atoms with Gasteiger partial charge in [-0.25, -0.2) is 0 Å². The van der Waals surface area contributed by atoms with Gasteiger partial charge >= 0.3 is 0 Å². The van der Waals surface area contributed by atoms with Crippen molar-refractivity contribution in [3.05, 3.63) is 51.8 Å². The first-order valence-corrected chi connectivity index (χ1v) is 7.92. The van der Waals surface area contributed by atoms with Gasteiger partial charge in [-0.1, -0.05) is 35.9 Å². The summed E-state index contributed by atoms with van der Waals surface area (Å²) in [5, 5.41) is 8.72. The molecule has 0 bridgehead atoms. The van der Waals surface area contributed by atoms with Gasteiger partial charge in [0.25, 0.3) is 0 Å². The monoisotopic (exact) mass is 303 g/mol. The van der Waals surface area contributed by atoms with Crippen LogP contribution < -0.4 is 5.32 Å². The van der Waals surface area contributed by atoms with E-state index in [1.54, 1.807) is 4.68 Å². The number of nitrogens with one attached hydrogen (secondary N) is 1. The quantitative estimate of drug-likeness (QED) is 0.941. The standard InChI is InChI=1S/C17H22ClN3/c1-11-15(17(18)21(3)20-11)10-13-9-8-12-6-4-5-7-14(12)16(13)19-2/h4-7,13,16,19H,8-10H2,1-3H3. The van der Waals surface area contributed by atoms with Crippen LogP contribution in [0.2, 0.25) is 5.15 Å². The molecule has 0 saturated heterocycles. The molecule has 21 heavy (non-hydrogen) atoms. The fraction of sp³-hybridized carbons (Fsp3) is 0.471. The Morgan fingerprint density at radius 1 is 1.38 bits per heavy atom. The highest BCUT2D eigenvalue weighted by molar-refractivity contribution is 6.30. The first-order chi connectivity index (χ1) is 10.1. The third-order valence-electron chi connectivity index (χ3n) is 4.69. The van der Waals surface area contributed by atoms with Crippen LogP contribution in [0, 0.1) is 12.8 Å². The molecule has 0 fully saturated rings. The molecule has 2 aromatic rings. The maximum atomic E-state index is 6.40. The average molecular weight is 304 g/mol. The van der Waals surface area contributed by atoms with Crippen molar-refractivity contribution in [1.29, 1.82) is 0 Å². The van der Waals surface area contributed by atoms with Gasteiger partial charge in [0.1, 0.15) is 5.15 Å². The fourth-order valence-corrected chi connectivity index (χ4v) is 3.86. The summed E-state index contributed by atoms with van der Waals surface area (Å²) in [5.41, 5.74) is 5.16. The summed E-state index contributed by atoms with van der Waals surface area (Å²) in [6.45, 7) is 2.05. The Kier molecular flexibility index (Phi) is 4.05. The molecular formula is C17H22ClN3. The molecule has 0 spiro atoms. The number of benzene rings is 1. The van der Waals surface area contributed by atoms with Gasteiger partial charge in [-0.05, 0) is 50.3 Å². The Bertz CT molecular complexity index is 647. The minimum absolute atomic E-state index is 0.394. The maximum absolute atomic E-state index is 6.40. The topological polar surface area (TPSA) is 29.9 Å². The number of hydrogen-bond acceptors (Lipinski definition) is 2. The predicted molar refractivity (Wildman–Crippen MR) is 86.7 cm³/mol. The second kappa shape index (κ2) is 5.82. The molecule has 0 radical (unpaired) electrons. The third kappa shape index (κ3) is 2.60. The molecule has 3 nitrogen and oxygen atoms in total. The zero-order chi connectivity index (χ0) is 15.0. The number of halogens is 1. The van der Waals surface area contributed by atoms with E-state index in [9.17, 15) is 0 Å². The van der Waals surface area contributed by atoms with E-state index in [1.807, 2.05) is 14.0 Å². The molecule has 2 atom stereocenters. The van der Waals surface area contributed by atoms with Gasteiger partial charge < -0.3 is 5.32 Å². The zero-order valence-electron chi connectivity index (χ0n) is 12.9. The fourth-order valence-electron chi connectivity index (χ4n) is 3.61.